The van der Waals surface area contributed by atoms with Gasteiger partial charge in [0.1, 0.15) is 11.2 Å². The molecular formula is C32H37N5S. The number of nitrogens with zero attached hydrogens (tertiary/aromatic N) is 4. The first kappa shape index (κ1) is 24.1. The zero-order valence-corrected chi connectivity index (χ0v) is 24.1. The molecule has 1 saturated heterocycles. The molecule has 1 unspecified atom stereocenters. The highest BCUT2D eigenvalue weighted by Crippen LogP contribution is 2.53. The van der Waals surface area contributed by atoms with Crippen molar-refractivity contribution in [3.8, 4) is 11.3 Å². The van der Waals surface area contributed by atoms with Gasteiger partial charge in [0.25, 0.3) is 0 Å². The highest BCUT2D eigenvalue weighted by atomic mass is 32.1. The van der Waals surface area contributed by atoms with Crippen molar-refractivity contribution < 1.29 is 0 Å². The summed E-state index contributed by atoms with van der Waals surface area (Å²) in [6.07, 6.45) is 6.45. The van der Waals surface area contributed by atoms with Crippen molar-refractivity contribution in [2.45, 2.75) is 78.8 Å². The molecule has 0 spiro atoms. The molecule has 7 rings (SSSR count). The number of thiophene rings is 1. The lowest BCUT2D eigenvalue weighted by Crippen LogP contribution is -2.34. The van der Waals surface area contributed by atoms with Crippen LogP contribution in [-0.2, 0) is 6.54 Å². The number of aromatic amines is 1. The molecule has 1 saturated carbocycles. The van der Waals surface area contributed by atoms with Crippen LogP contribution in [0.4, 0.5) is 0 Å². The van der Waals surface area contributed by atoms with Crippen molar-refractivity contribution in [2.75, 3.05) is 6.54 Å². The molecule has 2 fully saturated rings. The van der Waals surface area contributed by atoms with Crippen LogP contribution >= 0.6 is 11.3 Å². The molecule has 1 N–H and O–H groups in total. The van der Waals surface area contributed by atoms with Crippen LogP contribution in [0.25, 0.3) is 27.1 Å². The molecular weight excluding hydrogens is 486 g/mol. The molecule has 38 heavy (non-hydrogen) atoms. The first-order chi connectivity index (χ1) is 18.3. The second-order valence-electron chi connectivity index (χ2n) is 12.1. The van der Waals surface area contributed by atoms with Crippen LogP contribution in [0.1, 0.15) is 76.8 Å². The predicted octanol–water partition coefficient (Wildman–Crippen LogP) is 7.67. The van der Waals surface area contributed by atoms with E-state index < -0.39 is 0 Å². The molecule has 5 aromatic rings. The zero-order chi connectivity index (χ0) is 26.3. The highest BCUT2D eigenvalue weighted by molar-refractivity contribution is 7.19. The van der Waals surface area contributed by atoms with Crippen molar-refractivity contribution in [3.63, 3.8) is 0 Å². The highest BCUT2D eigenvalue weighted by Gasteiger charge is 2.46. The molecule has 2 bridgehead atoms. The molecule has 1 aliphatic carbocycles. The summed E-state index contributed by atoms with van der Waals surface area (Å²) in [4.78, 5) is 14.1. The number of rotatable bonds is 5. The fraction of sp³-hybridized carbons (Fsp3) is 0.438. The third kappa shape index (κ3) is 3.60. The second-order valence-corrected chi connectivity index (χ2v) is 13.1. The van der Waals surface area contributed by atoms with Gasteiger partial charge in [0.05, 0.1) is 5.69 Å². The number of fused-ring (bicyclic) bond motifs is 4. The van der Waals surface area contributed by atoms with Gasteiger partial charge in [-0.1, -0.05) is 43.7 Å². The normalized spacial score (nSPS) is 21.6. The SMILES string of the molecule is Cc1ccc(CN2C[C@@H]3CC2C[C@H]3c2sc3[nH]c(-c4cn5ncnc5c(C)c4C)c(C(C)C)c3c2C)cc1. The van der Waals surface area contributed by atoms with Crippen LogP contribution in [0.2, 0.25) is 0 Å². The number of pyridine rings is 1. The van der Waals surface area contributed by atoms with Gasteiger partial charge in [-0.25, -0.2) is 9.50 Å². The third-order valence-corrected chi connectivity index (χ3v) is 10.8. The molecule has 196 valence electrons. The van der Waals surface area contributed by atoms with E-state index in [-0.39, 0.29) is 0 Å². The van der Waals surface area contributed by atoms with E-state index in [1.54, 1.807) is 11.2 Å². The zero-order valence-electron chi connectivity index (χ0n) is 23.3. The number of hydrogen-bond acceptors (Lipinski definition) is 4. The molecule has 4 aromatic heterocycles. The topological polar surface area (TPSA) is 49.2 Å². The van der Waals surface area contributed by atoms with Gasteiger partial charge in [-0.2, -0.15) is 5.10 Å². The summed E-state index contributed by atoms with van der Waals surface area (Å²) in [5.74, 6) is 1.89. The quantitative estimate of drug-likeness (QED) is 0.257. The van der Waals surface area contributed by atoms with E-state index >= 15 is 0 Å². The van der Waals surface area contributed by atoms with E-state index in [0.717, 1.165) is 18.1 Å². The second kappa shape index (κ2) is 8.78. The monoisotopic (exact) mass is 523 g/mol. The molecule has 6 heteroatoms. The maximum atomic E-state index is 4.46. The van der Waals surface area contributed by atoms with Crippen LogP contribution in [0, 0.1) is 33.6 Å². The Hall–Kier alpha value is -2.96. The number of benzene rings is 1. The van der Waals surface area contributed by atoms with Crippen LogP contribution in [0.15, 0.2) is 36.8 Å². The summed E-state index contributed by atoms with van der Waals surface area (Å²) in [5, 5.41) is 5.92. The Balaban J connectivity index is 1.22. The standard InChI is InChI=1S/C32H37N5S/c1-17(2)27-28-21(6)30(25-12-24-11-23(25)14-36(24)13-22-9-7-18(3)8-10-22)38-32(28)35-29(27)26-15-37-31(33-16-34-37)20(5)19(26)4/h7-10,15-17,23-25,35H,11-14H2,1-6H3/t23-,24?,25+/m0/s1. The lowest BCUT2D eigenvalue weighted by Gasteiger charge is -2.31. The Kier molecular flexibility index (Phi) is 5.57. The van der Waals surface area contributed by atoms with Crippen molar-refractivity contribution in [1.29, 1.82) is 0 Å². The van der Waals surface area contributed by atoms with Gasteiger partial charge in [0.15, 0.2) is 5.65 Å². The first-order valence-corrected chi connectivity index (χ1v) is 14.9. The molecule has 1 aliphatic heterocycles. The maximum absolute atomic E-state index is 4.46. The van der Waals surface area contributed by atoms with Crippen LogP contribution in [0.3, 0.4) is 0 Å². The Bertz CT molecular complexity index is 1670. The van der Waals surface area contributed by atoms with Crippen molar-refractivity contribution >= 4 is 27.2 Å². The minimum Gasteiger partial charge on any atom is -0.346 e. The van der Waals surface area contributed by atoms with Crippen molar-refractivity contribution in [2.24, 2.45) is 5.92 Å². The van der Waals surface area contributed by atoms with Crippen molar-refractivity contribution in [1.82, 2.24) is 24.5 Å². The number of likely N-dealkylation sites (tertiary alicyclic amines) is 1. The average Bonchev–Trinajstić information content (AvgIpc) is 3.70. The molecule has 5 heterocycles. The Morgan fingerprint density at radius 2 is 1.82 bits per heavy atom. The van der Waals surface area contributed by atoms with E-state index in [1.807, 2.05) is 15.9 Å². The summed E-state index contributed by atoms with van der Waals surface area (Å²) in [6.45, 7) is 15.9. The molecule has 1 aromatic carbocycles. The van der Waals surface area contributed by atoms with Gasteiger partial charge in [0.2, 0.25) is 0 Å². The summed E-state index contributed by atoms with van der Waals surface area (Å²) in [6, 6.07) is 9.82. The minimum absolute atomic E-state index is 0.427. The fourth-order valence-corrected chi connectivity index (χ4v) is 8.77. The van der Waals surface area contributed by atoms with Crippen molar-refractivity contribution in [3.05, 3.63) is 75.0 Å². The number of aryl methyl sites for hydroxylation is 3. The molecule has 0 radical (unpaired) electrons. The predicted molar refractivity (Wildman–Crippen MR) is 157 cm³/mol. The van der Waals surface area contributed by atoms with Gasteiger partial charge >= 0.3 is 0 Å². The van der Waals surface area contributed by atoms with Crippen LogP contribution < -0.4 is 0 Å². The largest absolute Gasteiger partial charge is 0.346 e. The lowest BCUT2D eigenvalue weighted by molar-refractivity contribution is 0.192. The summed E-state index contributed by atoms with van der Waals surface area (Å²) >= 11 is 2.02. The van der Waals surface area contributed by atoms with Crippen LogP contribution in [0.5, 0.6) is 0 Å². The van der Waals surface area contributed by atoms with Gasteiger partial charge in [-0.05, 0) is 86.1 Å². The van der Waals surface area contributed by atoms with Gasteiger partial charge in [0, 0.05) is 41.2 Å². The number of aromatic nitrogens is 4. The fourth-order valence-electron chi connectivity index (χ4n) is 7.34. The summed E-state index contributed by atoms with van der Waals surface area (Å²) < 4.78 is 1.92. The van der Waals surface area contributed by atoms with E-state index in [1.165, 1.54) is 74.2 Å². The minimum atomic E-state index is 0.427. The van der Waals surface area contributed by atoms with Gasteiger partial charge < -0.3 is 4.98 Å². The first-order valence-electron chi connectivity index (χ1n) is 14.0. The third-order valence-electron chi connectivity index (χ3n) is 9.43. The Morgan fingerprint density at radius 3 is 2.53 bits per heavy atom. The average molecular weight is 524 g/mol. The van der Waals surface area contributed by atoms with Crippen LogP contribution in [-0.4, -0.2) is 37.1 Å². The molecule has 0 amide bonds. The number of piperidine rings is 1. The molecule has 5 nitrogen and oxygen atoms in total. The Morgan fingerprint density at radius 1 is 1.03 bits per heavy atom. The number of H-pyrrole nitrogens is 1. The number of hydrogen-bond donors (Lipinski definition) is 1. The molecule has 2 aliphatic rings. The number of nitrogens with one attached hydrogen (secondary N) is 1. The van der Waals surface area contributed by atoms with E-state index in [4.69, 9.17) is 0 Å². The maximum Gasteiger partial charge on any atom is 0.158 e. The van der Waals surface area contributed by atoms with E-state index in [9.17, 15) is 0 Å². The smallest absolute Gasteiger partial charge is 0.158 e. The van der Waals surface area contributed by atoms with E-state index in [2.05, 4.69) is 92.0 Å². The summed E-state index contributed by atoms with van der Waals surface area (Å²) in [7, 11) is 0. The Labute approximate surface area is 228 Å². The summed E-state index contributed by atoms with van der Waals surface area (Å²) in [5.41, 5.74) is 11.7. The van der Waals surface area contributed by atoms with E-state index in [0.29, 0.717) is 17.9 Å². The lowest BCUT2D eigenvalue weighted by atomic mass is 9.88. The molecule has 3 atom stereocenters. The van der Waals surface area contributed by atoms with Gasteiger partial charge in [-0.3, -0.25) is 4.90 Å². The van der Waals surface area contributed by atoms with Gasteiger partial charge in [-0.15, -0.1) is 11.3 Å².